The van der Waals surface area contributed by atoms with E-state index in [1.807, 2.05) is 18.2 Å². The highest BCUT2D eigenvalue weighted by Crippen LogP contribution is 2.50. The minimum Gasteiger partial charge on any atom is -0.468 e. The van der Waals surface area contributed by atoms with Gasteiger partial charge in [-0.15, -0.1) is 0 Å². The first-order valence-electron chi connectivity index (χ1n) is 6.07. The molecule has 0 atom stereocenters. The molecule has 1 fully saturated rings. The fourth-order valence-electron chi connectivity index (χ4n) is 2.70. The number of esters is 1. The van der Waals surface area contributed by atoms with Crippen molar-refractivity contribution in [2.45, 2.75) is 24.7 Å². The second-order valence-corrected chi connectivity index (χ2v) is 5.05. The lowest BCUT2D eigenvalue weighted by molar-refractivity contribution is -0.143. The maximum absolute atomic E-state index is 11.8. The summed E-state index contributed by atoms with van der Waals surface area (Å²) in [6.07, 6.45) is 2.10. The molecular formula is C14H15NO3. The minimum atomic E-state index is -0.450. The number of amides is 1. The number of fused-ring (bicyclic) bond motifs is 1. The highest BCUT2D eigenvalue weighted by Gasteiger charge is 2.52. The molecule has 94 valence electrons. The molecule has 1 saturated carbocycles. The van der Waals surface area contributed by atoms with E-state index in [0.29, 0.717) is 6.42 Å². The Balaban J connectivity index is 2.00. The van der Waals surface area contributed by atoms with E-state index in [1.165, 1.54) is 7.11 Å². The monoisotopic (exact) mass is 245 g/mol. The van der Waals surface area contributed by atoms with Crippen LogP contribution in [0.1, 0.15) is 24.0 Å². The molecule has 0 unspecified atom stereocenters. The molecule has 0 bridgehead atoms. The Bertz CT molecular complexity index is 546. The summed E-state index contributed by atoms with van der Waals surface area (Å²) in [7, 11) is 3.20. The SMILES string of the molecule is COC(=O)C1(c2ccc3c(c2)CC(=O)N3C)CC1. The molecule has 1 aliphatic carbocycles. The molecule has 0 saturated heterocycles. The number of benzene rings is 1. The lowest BCUT2D eigenvalue weighted by atomic mass is 9.93. The van der Waals surface area contributed by atoms with Crippen LogP contribution < -0.4 is 4.90 Å². The average Bonchev–Trinajstić information content (AvgIpc) is 3.13. The Morgan fingerprint density at radius 1 is 1.39 bits per heavy atom. The van der Waals surface area contributed by atoms with Gasteiger partial charge in [0.1, 0.15) is 0 Å². The maximum atomic E-state index is 11.8. The van der Waals surface area contributed by atoms with Crippen LogP contribution in [0.5, 0.6) is 0 Å². The van der Waals surface area contributed by atoms with Crippen molar-refractivity contribution in [1.82, 2.24) is 0 Å². The Hall–Kier alpha value is -1.84. The number of anilines is 1. The van der Waals surface area contributed by atoms with Crippen LogP contribution >= 0.6 is 0 Å². The van der Waals surface area contributed by atoms with Crippen LogP contribution in [0.15, 0.2) is 18.2 Å². The zero-order valence-electron chi connectivity index (χ0n) is 10.5. The van der Waals surface area contributed by atoms with E-state index in [4.69, 9.17) is 4.74 Å². The van der Waals surface area contributed by atoms with Crippen LogP contribution in [0.25, 0.3) is 0 Å². The summed E-state index contributed by atoms with van der Waals surface area (Å²) in [6.45, 7) is 0. The molecular weight excluding hydrogens is 230 g/mol. The number of nitrogens with zero attached hydrogens (tertiary/aromatic N) is 1. The largest absolute Gasteiger partial charge is 0.468 e. The van der Waals surface area contributed by atoms with Gasteiger partial charge in [-0.3, -0.25) is 9.59 Å². The molecule has 0 spiro atoms. The number of carbonyl (C=O) groups is 2. The number of methoxy groups -OCH3 is 1. The van der Waals surface area contributed by atoms with Crippen LogP contribution in [-0.2, 0) is 26.2 Å². The standard InChI is InChI=1S/C14H15NO3/c1-15-11-4-3-10(7-9(11)8-12(15)16)14(5-6-14)13(17)18-2/h3-4,7H,5-6,8H2,1-2H3. The fourth-order valence-corrected chi connectivity index (χ4v) is 2.70. The van der Waals surface area contributed by atoms with Gasteiger partial charge in [-0.05, 0) is 30.0 Å². The minimum absolute atomic E-state index is 0.102. The molecule has 2 aliphatic rings. The topological polar surface area (TPSA) is 46.6 Å². The van der Waals surface area contributed by atoms with Gasteiger partial charge in [0.15, 0.2) is 0 Å². The number of rotatable bonds is 2. The number of hydrogen-bond donors (Lipinski definition) is 0. The molecule has 3 rings (SSSR count). The summed E-state index contributed by atoms with van der Waals surface area (Å²) < 4.78 is 4.88. The Labute approximate surface area is 106 Å². The Kier molecular flexibility index (Phi) is 2.24. The van der Waals surface area contributed by atoms with E-state index in [9.17, 15) is 9.59 Å². The second-order valence-electron chi connectivity index (χ2n) is 5.05. The summed E-state index contributed by atoms with van der Waals surface area (Å²) in [4.78, 5) is 25.1. The first-order valence-corrected chi connectivity index (χ1v) is 6.07. The molecule has 0 radical (unpaired) electrons. The van der Waals surface area contributed by atoms with E-state index < -0.39 is 5.41 Å². The van der Waals surface area contributed by atoms with Gasteiger partial charge in [-0.25, -0.2) is 0 Å². The summed E-state index contributed by atoms with van der Waals surface area (Å²) >= 11 is 0. The van der Waals surface area contributed by atoms with Gasteiger partial charge >= 0.3 is 5.97 Å². The van der Waals surface area contributed by atoms with Crippen LogP contribution in [-0.4, -0.2) is 26.0 Å². The summed E-state index contributed by atoms with van der Waals surface area (Å²) in [5, 5.41) is 0. The van der Waals surface area contributed by atoms with Gasteiger partial charge in [0.25, 0.3) is 0 Å². The number of ether oxygens (including phenoxy) is 1. The highest BCUT2D eigenvalue weighted by atomic mass is 16.5. The first-order chi connectivity index (χ1) is 8.58. The van der Waals surface area contributed by atoms with Gasteiger partial charge in [0, 0.05) is 12.7 Å². The quantitative estimate of drug-likeness (QED) is 0.740. The molecule has 18 heavy (non-hydrogen) atoms. The van der Waals surface area contributed by atoms with Crippen molar-refractivity contribution >= 4 is 17.6 Å². The summed E-state index contributed by atoms with van der Waals surface area (Å²) in [5.41, 5.74) is 2.49. The van der Waals surface area contributed by atoms with Crippen molar-refractivity contribution in [2.24, 2.45) is 0 Å². The second kappa shape index (κ2) is 3.57. The molecule has 0 aromatic heterocycles. The van der Waals surface area contributed by atoms with E-state index in [2.05, 4.69) is 0 Å². The molecule has 0 N–H and O–H groups in total. The van der Waals surface area contributed by atoms with E-state index in [1.54, 1.807) is 11.9 Å². The summed E-state index contributed by atoms with van der Waals surface area (Å²) in [6, 6.07) is 5.86. The van der Waals surface area contributed by atoms with Gasteiger partial charge in [-0.2, -0.15) is 0 Å². The zero-order chi connectivity index (χ0) is 12.9. The van der Waals surface area contributed by atoms with Crippen LogP contribution in [0.2, 0.25) is 0 Å². The van der Waals surface area contributed by atoms with Crippen LogP contribution in [0.4, 0.5) is 5.69 Å². The van der Waals surface area contributed by atoms with Gasteiger partial charge in [0.05, 0.1) is 18.9 Å². The third kappa shape index (κ3) is 1.38. The third-order valence-corrected chi connectivity index (χ3v) is 4.04. The van der Waals surface area contributed by atoms with Crippen molar-refractivity contribution < 1.29 is 14.3 Å². The molecule has 1 aromatic rings. The molecule has 1 aliphatic heterocycles. The Morgan fingerprint density at radius 2 is 2.11 bits per heavy atom. The van der Waals surface area contributed by atoms with E-state index in [-0.39, 0.29) is 11.9 Å². The smallest absolute Gasteiger partial charge is 0.316 e. The molecule has 4 nitrogen and oxygen atoms in total. The van der Waals surface area contributed by atoms with Crippen molar-refractivity contribution in [3.63, 3.8) is 0 Å². The van der Waals surface area contributed by atoms with Crippen LogP contribution in [0.3, 0.4) is 0 Å². The number of hydrogen-bond acceptors (Lipinski definition) is 3. The normalized spacial score (nSPS) is 19.7. The van der Waals surface area contributed by atoms with Crippen molar-refractivity contribution in [3.05, 3.63) is 29.3 Å². The molecule has 4 heteroatoms. The third-order valence-electron chi connectivity index (χ3n) is 4.04. The first kappa shape index (κ1) is 11.3. The number of carbonyl (C=O) groups excluding carboxylic acids is 2. The fraction of sp³-hybridized carbons (Fsp3) is 0.429. The van der Waals surface area contributed by atoms with Gasteiger partial charge in [-0.1, -0.05) is 12.1 Å². The van der Waals surface area contributed by atoms with Gasteiger partial charge < -0.3 is 9.64 Å². The highest BCUT2D eigenvalue weighted by molar-refractivity contribution is 6.01. The number of likely N-dealkylation sites (N-methyl/N-ethyl adjacent to an activating group) is 1. The summed E-state index contributed by atoms with van der Waals surface area (Å²) in [5.74, 6) is -0.0646. The van der Waals surface area contributed by atoms with Crippen molar-refractivity contribution in [3.8, 4) is 0 Å². The lowest BCUT2D eigenvalue weighted by Crippen LogP contribution is -2.22. The van der Waals surface area contributed by atoms with Crippen LogP contribution in [0, 0.1) is 0 Å². The molecule has 1 amide bonds. The average molecular weight is 245 g/mol. The van der Waals surface area contributed by atoms with E-state index in [0.717, 1.165) is 29.7 Å². The van der Waals surface area contributed by atoms with Crippen molar-refractivity contribution in [1.29, 1.82) is 0 Å². The predicted octanol–water partition coefficient (Wildman–Crippen LogP) is 1.41. The zero-order valence-corrected chi connectivity index (χ0v) is 10.5. The van der Waals surface area contributed by atoms with Crippen molar-refractivity contribution in [2.75, 3.05) is 19.1 Å². The molecule has 1 heterocycles. The van der Waals surface area contributed by atoms with Gasteiger partial charge in [0.2, 0.25) is 5.91 Å². The lowest BCUT2D eigenvalue weighted by Gasteiger charge is -2.15. The maximum Gasteiger partial charge on any atom is 0.316 e. The predicted molar refractivity (Wildman–Crippen MR) is 66.5 cm³/mol. The molecule has 1 aromatic carbocycles. The van der Waals surface area contributed by atoms with E-state index >= 15 is 0 Å². The Morgan fingerprint density at radius 3 is 2.72 bits per heavy atom.